The fourth-order valence-corrected chi connectivity index (χ4v) is 12.3. The molecule has 0 atom stereocenters. The van der Waals surface area contributed by atoms with E-state index in [9.17, 15) is 27.2 Å². The van der Waals surface area contributed by atoms with Crippen molar-refractivity contribution in [3.63, 3.8) is 0 Å². The number of rotatable bonds is 19. The molecule has 0 aliphatic carbocycles. The van der Waals surface area contributed by atoms with Crippen LogP contribution in [0.2, 0.25) is 0 Å². The Bertz CT molecular complexity index is 5710. The maximum Gasteiger partial charge on any atom is 2.00 e. The van der Waals surface area contributed by atoms with Crippen molar-refractivity contribution < 1.29 is 111 Å². The fourth-order valence-electron chi connectivity index (χ4n) is 12.3. The quantitative estimate of drug-likeness (QED) is 0.0429. The van der Waals surface area contributed by atoms with Gasteiger partial charge < -0.3 is 40.5 Å². The zero-order valence-electron chi connectivity index (χ0n) is 64.6. The summed E-state index contributed by atoms with van der Waals surface area (Å²) < 4.78 is 54.9. The Morgan fingerprint density at radius 1 is 0.336 bits per heavy atom. The van der Waals surface area contributed by atoms with Crippen molar-refractivity contribution >= 4 is 51.6 Å². The van der Waals surface area contributed by atoms with Gasteiger partial charge in [0.2, 0.25) is 0 Å². The average Bonchev–Trinajstić information content (AvgIpc) is 0.787. The van der Waals surface area contributed by atoms with E-state index in [4.69, 9.17) is 19.9 Å². The molecule has 119 heavy (non-hydrogen) atoms. The molecule has 0 unspecified atom stereocenters. The molecule has 0 fully saturated rings. The first-order valence-electron chi connectivity index (χ1n) is 36.6. The number of para-hydroxylation sites is 5. The second kappa shape index (κ2) is 43.0. The maximum absolute atomic E-state index is 14.2. The van der Waals surface area contributed by atoms with Crippen LogP contribution in [-0.4, -0.2) is 51.4 Å². The molecule has 0 spiro atoms. The summed E-state index contributed by atoms with van der Waals surface area (Å²) in [5, 5.41) is 9.27. The van der Waals surface area contributed by atoms with Crippen LogP contribution in [0, 0.1) is 59.9 Å². The number of nitrogens with zero attached hydrogens (tertiary/aromatic N) is 11. The van der Waals surface area contributed by atoms with E-state index in [1.54, 1.807) is 73.1 Å². The molecule has 8 heterocycles. The Balaban J connectivity index is 0.000000179. The second-order valence-corrected chi connectivity index (χ2v) is 27.1. The van der Waals surface area contributed by atoms with Gasteiger partial charge in [-0.05, 0) is 137 Å². The molecule has 16 rings (SSSR count). The number of carbonyl (C=O) groups excluding carboxylic acids is 2. The van der Waals surface area contributed by atoms with Crippen LogP contribution in [0.15, 0.2) is 322 Å². The molecule has 0 radical (unpaired) electrons. The van der Waals surface area contributed by atoms with Crippen molar-refractivity contribution in [3.8, 4) is 67.5 Å². The molecule has 0 bridgehead atoms. The van der Waals surface area contributed by atoms with Crippen LogP contribution in [0.25, 0.3) is 78.2 Å². The molecule has 0 saturated heterocycles. The molecule has 8 aromatic heterocycles. The molecule has 0 aliphatic heterocycles. The van der Waals surface area contributed by atoms with Crippen LogP contribution in [0.5, 0.6) is 0 Å². The summed E-state index contributed by atoms with van der Waals surface area (Å²) in [4.78, 5) is 62.6. The molecular weight excluding hydrogens is 2220 g/mol. The van der Waals surface area contributed by atoms with Gasteiger partial charge in [0.05, 0.1) is 0 Å². The Morgan fingerprint density at radius 3 is 1.02 bits per heavy atom. The number of halogens is 4. The minimum atomic E-state index is -0.759. The van der Waals surface area contributed by atoms with Crippen molar-refractivity contribution in [2.45, 2.75) is 52.4 Å². The molecule has 0 N–H and O–H groups in total. The van der Waals surface area contributed by atoms with Crippen LogP contribution in [0.3, 0.4) is 0 Å². The SMILES string of the molecule is CC(=O)c1ccccc1[N-]c1ccccc1[N-]c1ccccc1C(C)=O.CC(C)(c1cccc(-c2[c-]cc(F)cc2F)n1)c1cccc(-c2[c-]cc(F)cc2F)n1.CC(C)(c1cccc(-c2[c-]nccc2)n1)c1cccc(-c2[c-]nccc2)n1.[Pt+2].[Pt+2].[Pt+2].[Pt+2].[c-]1ccccc1-c1cccc(N(c2ccccc2)c2cccc(-c3[c-]cccc3)n2)n1. The van der Waals surface area contributed by atoms with Gasteiger partial charge in [-0.1, -0.05) is 199 Å². The molecule has 16 aromatic rings. The van der Waals surface area contributed by atoms with Crippen LogP contribution >= 0.6 is 0 Å². The molecule has 0 saturated carbocycles. The molecule has 0 aliphatic rings. The Kier molecular flexibility index (Phi) is 32.9. The zero-order valence-corrected chi connectivity index (χ0v) is 73.7. The second-order valence-electron chi connectivity index (χ2n) is 27.1. The largest absolute Gasteiger partial charge is 2.00 e. The first-order chi connectivity index (χ1) is 55.8. The van der Waals surface area contributed by atoms with E-state index >= 15 is 0 Å². The molecule has 598 valence electrons. The van der Waals surface area contributed by atoms with Gasteiger partial charge >= 0.3 is 84.3 Å². The minimum Gasteiger partial charge on any atom is -0.658 e. The van der Waals surface area contributed by atoms with Crippen molar-refractivity contribution in [3.05, 3.63) is 426 Å². The predicted molar refractivity (Wildman–Crippen MR) is 444 cm³/mol. The van der Waals surface area contributed by atoms with Crippen molar-refractivity contribution in [1.82, 2.24) is 39.9 Å². The molecule has 8 aromatic carbocycles. The van der Waals surface area contributed by atoms with Crippen LogP contribution < -0.4 is 4.90 Å². The Labute approximate surface area is 747 Å². The first kappa shape index (κ1) is 91.1. The summed E-state index contributed by atoms with van der Waals surface area (Å²) in [5.41, 5.74) is 14.4. The number of ketones is 2. The average molecular weight is 2290 g/mol. The maximum atomic E-state index is 14.2. The van der Waals surface area contributed by atoms with Crippen LogP contribution in [-0.2, 0) is 95.1 Å². The van der Waals surface area contributed by atoms with Gasteiger partial charge in [0.15, 0.2) is 11.6 Å². The predicted octanol–water partition coefficient (Wildman–Crippen LogP) is 24.5. The van der Waals surface area contributed by atoms with E-state index in [-0.39, 0.29) is 112 Å². The summed E-state index contributed by atoms with van der Waals surface area (Å²) in [5.74, 6) is -1.45. The third-order valence-corrected chi connectivity index (χ3v) is 18.4. The van der Waals surface area contributed by atoms with Crippen molar-refractivity contribution in [1.29, 1.82) is 0 Å². The fraction of sp³-hybridized carbons (Fsp3) is 0.0816. The number of anilines is 3. The normalized spacial score (nSPS) is 10.6. The van der Waals surface area contributed by atoms with Gasteiger partial charge in [0.25, 0.3) is 0 Å². The number of aromatic nitrogens is 8. The summed E-state index contributed by atoms with van der Waals surface area (Å²) in [6.07, 6.45) is 9.41. The molecular formula is C98H71F4N11O2Pt4. The summed E-state index contributed by atoms with van der Waals surface area (Å²) in [6.45, 7) is 11.1. The van der Waals surface area contributed by atoms with Crippen LogP contribution in [0.1, 0.15) is 85.0 Å². The summed E-state index contributed by atoms with van der Waals surface area (Å²) in [6, 6.07) is 105. The Hall–Kier alpha value is -11.8. The van der Waals surface area contributed by atoms with E-state index in [0.29, 0.717) is 56.7 Å². The third kappa shape index (κ3) is 23.1. The van der Waals surface area contributed by atoms with Crippen LogP contribution in [0.4, 0.5) is 57.6 Å². The topological polar surface area (TPSA) is 169 Å². The number of Topliss-reactive ketones (excluding diaryl/α,β-unsaturated/α-hetero) is 2. The van der Waals surface area contributed by atoms with Gasteiger partial charge in [-0.25, -0.2) is 0 Å². The zero-order chi connectivity index (χ0) is 80.3. The van der Waals surface area contributed by atoms with Gasteiger partial charge in [-0.2, -0.15) is 11.4 Å². The molecule has 0 amide bonds. The smallest absolute Gasteiger partial charge is 0.658 e. The van der Waals surface area contributed by atoms with E-state index in [1.165, 1.54) is 13.8 Å². The molecule has 21 heteroatoms. The number of benzene rings is 8. The van der Waals surface area contributed by atoms with E-state index in [1.807, 2.05) is 226 Å². The number of hydrogen-bond donors (Lipinski definition) is 0. The van der Waals surface area contributed by atoms with Crippen molar-refractivity contribution in [2.75, 3.05) is 4.90 Å². The summed E-state index contributed by atoms with van der Waals surface area (Å²) >= 11 is 0. The first-order valence-corrected chi connectivity index (χ1v) is 36.6. The van der Waals surface area contributed by atoms with Gasteiger partial charge in [-0.15, -0.1) is 143 Å². The van der Waals surface area contributed by atoms with Gasteiger partial charge in [-0.3, -0.25) is 42.0 Å². The van der Waals surface area contributed by atoms with Crippen molar-refractivity contribution in [2.24, 2.45) is 0 Å². The van der Waals surface area contributed by atoms with E-state index in [2.05, 4.69) is 98.1 Å². The number of hydrogen-bond acceptors (Lipinski definition) is 11. The van der Waals surface area contributed by atoms with Gasteiger partial charge in [0.1, 0.15) is 11.6 Å². The number of carbonyl (C=O) groups is 2. The standard InChI is InChI=1S/C28H19N3.C25H16F4N2.C23H18N4.C22H20N2O2.4Pt/c1-4-12-22(13-5-1)25-18-10-20-27(29-25)31(24-16-8-3-9-17-24)28-21-11-19-26(30-28)23-14-6-2-7-15-23;1-25(2,23-7-3-5-21(30-23)17-11-9-15(26)13-19(17)28)24-8-4-6-22(31-24)18-12-10-16(27)14-20(18)29;1-23(2,21-11-3-9-19(26-21)17-7-5-13-24-15-17)22-12-4-10-20(27-22)18-8-6-14-25-16-18;1-15(25)17-9-3-5-11-19(17)23-21-13-7-8-14-22(21)24-20-12-6-4-10-18(20)16(2)26;;;;/h1-12,14,16-21H;3-10,13-14H,1-2H3;3-14H,1-2H3;3-14H,1-2H3,(H2,23,24,25,26);;;;/q3*-2;;4*+2/p-2. The third-order valence-electron chi connectivity index (χ3n) is 18.4. The minimum absolute atomic E-state index is 0. The number of pyridine rings is 8. The van der Waals surface area contributed by atoms with Gasteiger partial charge in [0, 0.05) is 73.7 Å². The summed E-state index contributed by atoms with van der Waals surface area (Å²) in [7, 11) is 0. The Morgan fingerprint density at radius 2 is 0.664 bits per heavy atom. The monoisotopic (exact) mass is 2290 g/mol. The molecule has 13 nitrogen and oxygen atoms in total. The van der Waals surface area contributed by atoms with E-state index in [0.717, 1.165) is 98.0 Å². The van der Waals surface area contributed by atoms with E-state index < -0.39 is 28.7 Å².